The minimum Gasteiger partial charge on any atom is -0.308 e. The molecular formula is C9H11N7OS. The fourth-order valence-corrected chi connectivity index (χ4v) is 1.69. The molecule has 0 unspecified atom stereocenters. The highest BCUT2D eigenvalue weighted by Gasteiger charge is 2.11. The number of pyridine rings is 1. The second-order valence-corrected chi connectivity index (χ2v) is 4.08. The molecule has 0 saturated carbocycles. The van der Waals surface area contributed by atoms with E-state index in [9.17, 15) is 4.79 Å². The third kappa shape index (κ3) is 2.76. The zero-order valence-electron chi connectivity index (χ0n) is 9.54. The van der Waals surface area contributed by atoms with Crippen molar-refractivity contribution in [2.24, 2.45) is 5.84 Å². The van der Waals surface area contributed by atoms with Crippen LogP contribution in [0.5, 0.6) is 0 Å². The Hall–Kier alpha value is -2.13. The Labute approximate surface area is 107 Å². The van der Waals surface area contributed by atoms with Gasteiger partial charge in [0.05, 0.1) is 0 Å². The van der Waals surface area contributed by atoms with Gasteiger partial charge in [0.1, 0.15) is 5.82 Å². The first-order valence-electron chi connectivity index (χ1n) is 5.17. The Morgan fingerprint density at radius 1 is 1.50 bits per heavy atom. The van der Waals surface area contributed by atoms with Crippen molar-refractivity contribution < 1.29 is 4.79 Å². The van der Waals surface area contributed by atoms with E-state index in [0.29, 0.717) is 22.9 Å². The van der Waals surface area contributed by atoms with Gasteiger partial charge in [0.25, 0.3) is 5.91 Å². The molecular weight excluding hydrogens is 254 g/mol. The van der Waals surface area contributed by atoms with E-state index >= 15 is 0 Å². The SMILES string of the molecule is CCc1cc(C(=O)Nc2nnns2)cc(NN)n1. The van der Waals surface area contributed by atoms with Gasteiger partial charge in [-0.2, -0.15) is 0 Å². The largest absolute Gasteiger partial charge is 0.308 e. The maximum atomic E-state index is 12.0. The molecule has 0 aromatic carbocycles. The molecule has 0 bridgehead atoms. The molecule has 2 rings (SSSR count). The lowest BCUT2D eigenvalue weighted by Gasteiger charge is -2.06. The van der Waals surface area contributed by atoms with E-state index in [4.69, 9.17) is 5.84 Å². The van der Waals surface area contributed by atoms with Crippen LogP contribution >= 0.6 is 11.5 Å². The topological polar surface area (TPSA) is 119 Å². The fraction of sp³-hybridized carbons (Fsp3) is 0.222. The molecule has 0 aliphatic carbocycles. The number of aromatic nitrogens is 4. The molecule has 0 radical (unpaired) electrons. The van der Waals surface area contributed by atoms with Gasteiger partial charge < -0.3 is 5.43 Å². The summed E-state index contributed by atoms with van der Waals surface area (Å²) >= 11 is 1.01. The summed E-state index contributed by atoms with van der Waals surface area (Å²) in [5.74, 6) is 5.44. The number of amides is 1. The first-order chi connectivity index (χ1) is 8.72. The van der Waals surface area contributed by atoms with Gasteiger partial charge in [0, 0.05) is 22.8 Å². The van der Waals surface area contributed by atoms with Crippen molar-refractivity contribution in [2.45, 2.75) is 13.3 Å². The number of hydrogen-bond donors (Lipinski definition) is 3. The first-order valence-corrected chi connectivity index (χ1v) is 5.94. The van der Waals surface area contributed by atoms with Crippen molar-refractivity contribution in [2.75, 3.05) is 10.7 Å². The van der Waals surface area contributed by atoms with Gasteiger partial charge in [-0.1, -0.05) is 16.5 Å². The molecule has 94 valence electrons. The lowest BCUT2D eigenvalue weighted by atomic mass is 10.2. The number of carbonyl (C=O) groups is 1. The summed E-state index contributed by atoms with van der Waals surface area (Å²) in [5, 5.41) is 9.96. The second kappa shape index (κ2) is 5.47. The number of nitrogen functional groups attached to an aromatic ring is 1. The highest BCUT2D eigenvalue weighted by Crippen LogP contribution is 2.13. The summed E-state index contributed by atoms with van der Waals surface area (Å²) in [5.41, 5.74) is 3.65. The van der Waals surface area contributed by atoms with Gasteiger partial charge in [-0.05, 0) is 23.8 Å². The monoisotopic (exact) mass is 265 g/mol. The van der Waals surface area contributed by atoms with Gasteiger partial charge in [0.2, 0.25) is 5.13 Å². The normalized spacial score (nSPS) is 10.1. The zero-order chi connectivity index (χ0) is 13.0. The quantitative estimate of drug-likeness (QED) is 0.541. The van der Waals surface area contributed by atoms with Crippen LogP contribution in [-0.4, -0.2) is 25.7 Å². The summed E-state index contributed by atoms with van der Waals surface area (Å²) in [4.78, 5) is 16.1. The number of hydrazine groups is 1. The van der Waals surface area contributed by atoms with Crippen LogP contribution in [0.4, 0.5) is 10.9 Å². The predicted octanol–water partition coefficient (Wildman–Crippen LogP) is 0.428. The lowest BCUT2D eigenvalue weighted by Crippen LogP contribution is -2.15. The predicted molar refractivity (Wildman–Crippen MR) is 67.1 cm³/mol. The third-order valence-electron chi connectivity index (χ3n) is 2.17. The van der Waals surface area contributed by atoms with Gasteiger partial charge in [-0.3, -0.25) is 10.1 Å². The summed E-state index contributed by atoms with van der Waals surface area (Å²) in [6.07, 6.45) is 0.705. The summed E-state index contributed by atoms with van der Waals surface area (Å²) in [6, 6.07) is 3.26. The standard InChI is InChI=1S/C9H11N7OS/c1-2-6-3-5(4-7(11-6)13-10)8(17)12-9-14-15-16-18-9/h3-4H,2,10H2,1H3,(H,11,13)(H,12,14,16,17). The van der Waals surface area contributed by atoms with Crippen LogP contribution in [-0.2, 0) is 6.42 Å². The first kappa shape index (κ1) is 12.3. The molecule has 2 aromatic rings. The third-order valence-corrected chi connectivity index (χ3v) is 2.68. The van der Waals surface area contributed by atoms with Crippen LogP contribution in [0.1, 0.15) is 23.0 Å². The van der Waals surface area contributed by atoms with E-state index in [1.54, 1.807) is 12.1 Å². The molecule has 18 heavy (non-hydrogen) atoms. The van der Waals surface area contributed by atoms with Crippen molar-refractivity contribution in [3.8, 4) is 0 Å². The maximum Gasteiger partial charge on any atom is 0.257 e. The highest BCUT2D eigenvalue weighted by molar-refractivity contribution is 7.09. The number of hydrogen-bond acceptors (Lipinski definition) is 8. The average molecular weight is 265 g/mol. The molecule has 1 amide bonds. The Morgan fingerprint density at radius 2 is 2.33 bits per heavy atom. The molecule has 0 spiro atoms. The fourth-order valence-electron chi connectivity index (χ4n) is 1.33. The van der Waals surface area contributed by atoms with Crippen LogP contribution in [0.15, 0.2) is 12.1 Å². The molecule has 8 nitrogen and oxygen atoms in total. The van der Waals surface area contributed by atoms with E-state index in [2.05, 4.69) is 30.5 Å². The number of aryl methyl sites for hydroxylation is 1. The van der Waals surface area contributed by atoms with Crippen molar-refractivity contribution in [3.05, 3.63) is 23.4 Å². The summed E-state index contributed by atoms with van der Waals surface area (Å²) in [6.45, 7) is 1.94. The smallest absolute Gasteiger partial charge is 0.257 e. The number of rotatable bonds is 4. The Bertz CT molecular complexity index is 520. The lowest BCUT2D eigenvalue weighted by molar-refractivity contribution is 0.102. The van der Waals surface area contributed by atoms with Crippen molar-refractivity contribution in [1.29, 1.82) is 0 Å². The van der Waals surface area contributed by atoms with Crippen LogP contribution < -0.4 is 16.6 Å². The zero-order valence-corrected chi connectivity index (χ0v) is 10.4. The van der Waals surface area contributed by atoms with Crippen molar-refractivity contribution >= 4 is 28.4 Å². The summed E-state index contributed by atoms with van der Waals surface area (Å²) in [7, 11) is 0. The van der Waals surface area contributed by atoms with Gasteiger partial charge in [0.15, 0.2) is 0 Å². The van der Waals surface area contributed by atoms with E-state index in [1.807, 2.05) is 6.92 Å². The second-order valence-electron chi connectivity index (χ2n) is 3.35. The molecule has 0 aliphatic rings. The van der Waals surface area contributed by atoms with Gasteiger partial charge >= 0.3 is 0 Å². The van der Waals surface area contributed by atoms with Crippen LogP contribution in [0, 0.1) is 0 Å². The molecule has 2 heterocycles. The van der Waals surface area contributed by atoms with E-state index in [0.717, 1.165) is 17.2 Å². The van der Waals surface area contributed by atoms with Crippen LogP contribution in [0.25, 0.3) is 0 Å². The molecule has 0 saturated heterocycles. The van der Waals surface area contributed by atoms with Crippen LogP contribution in [0.2, 0.25) is 0 Å². The van der Waals surface area contributed by atoms with Crippen molar-refractivity contribution in [1.82, 2.24) is 19.8 Å². The van der Waals surface area contributed by atoms with Crippen molar-refractivity contribution in [3.63, 3.8) is 0 Å². The Balaban J connectivity index is 2.23. The van der Waals surface area contributed by atoms with Crippen LogP contribution in [0.3, 0.4) is 0 Å². The van der Waals surface area contributed by atoms with Gasteiger partial charge in [-0.25, -0.2) is 10.8 Å². The summed E-state index contributed by atoms with van der Waals surface area (Å²) < 4.78 is 3.56. The minimum atomic E-state index is -0.304. The number of nitrogens with zero attached hydrogens (tertiary/aromatic N) is 4. The van der Waals surface area contributed by atoms with Gasteiger partial charge in [-0.15, -0.1) is 0 Å². The number of nitrogens with one attached hydrogen (secondary N) is 2. The molecule has 0 atom stereocenters. The highest BCUT2D eigenvalue weighted by atomic mass is 32.1. The number of nitrogens with two attached hydrogens (primary N) is 1. The number of anilines is 2. The Kier molecular flexibility index (Phi) is 3.75. The molecule has 0 aliphatic heterocycles. The molecule has 9 heteroatoms. The average Bonchev–Trinajstić information content (AvgIpc) is 2.90. The van der Waals surface area contributed by atoms with E-state index in [-0.39, 0.29) is 5.91 Å². The minimum absolute atomic E-state index is 0.304. The maximum absolute atomic E-state index is 12.0. The molecule has 4 N–H and O–H groups in total. The Morgan fingerprint density at radius 3 is 2.94 bits per heavy atom. The molecule has 2 aromatic heterocycles. The van der Waals surface area contributed by atoms with E-state index < -0.39 is 0 Å². The molecule has 0 fully saturated rings. The number of carbonyl (C=O) groups excluding carboxylic acids is 1. The van der Waals surface area contributed by atoms with E-state index in [1.165, 1.54) is 0 Å².